The Labute approximate surface area is 212 Å². The molecule has 35 heavy (non-hydrogen) atoms. The summed E-state index contributed by atoms with van der Waals surface area (Å²) in [6, 6.07) is 15.8. The van der Waals surface area contributed by atoms with E-state index in [1.165, 1.54) is 28.4 Å². The van der Waals surface area contributed by atoms with Gasteiger partial charge < -0.3 is 19.9 Å². The van der Waals surface area contributed by atoms with Gasteiger partial charge >= 0.3 is 5.97 Å². The number of nitrogens with zero attached hydrogens (tertiary/aromatic N) is 1. The van der Waals surface area contributed by atoms with Gasteiger partial charge in [-0.25, -0.2) is 4.79 Å². The Balaban J connectivity index is 1.44. The van der Waals surface area contributed by atoms with E-state index in [1.54, 1.807) is 31.4 Å². The van der Waals surface area contributed by atoms with Gasteiger partial charge in [0.15, 0.2) is 0 Å². The first-order valence-electron chi connectivity index (χ1n) is 11.1. The van der Waals surface area contributed by atoms with Crippen molar-refractivity contribution in [1.82, 2.24) is 10.2 Å². The molecule has 0 saturated carbocycles. The molecule has 10 heteroatoms. The fourth-order valence-electron chi connectivity index (χ4n) is 3.80. The average Bonchev–Trinajstić information content (AvgIpc) is 2.89. The number of ether oxygens (including phenoxy) is 2. The van der Waals surface area contributed by atoms with Crippen molar-refractivity contribution in [3.63, 3.8) is 0 Å². The number of carbonyl (C=O) groups is 3. The number of amides is 2. The van der Waals surface area contributed by atoms with Crippen molar-refractivity contribution >= 4 is 41.3 Å². The number of benzene rings is 2. The molecule has 0 bridgehead atoms. The number of methoxy groups -OCH3 is 1. The first-order chi connectivity index (χ1) is 17.0. The van der Waals surface area contributed by atoms with Crippen LogP contribution < -0.4 is 10.1 Å². The zero-order chi connectivity index (χ0) is 24.8. The number of aliphatic hydroxyl groups is 1. The largest absolute Gasteiger partial charge is 0.497 e. The van der Waals surface area contributed by atoms with E-state index in [2.05, 4.69) is 5.32 Å². The quantitative estimate of drug-likeness (QED) is 0.368. The third-order valence-electron chi connectivity index (χ3n) is 5.55. The number of hydrogen-bond acceptors (Lipinski definition) is 8. The molecule has 2 aromatic carbocycles. The van der Waals surface area contributed by atoms with Gasteiger partial charge in [-0.2, -0.15) is 0 Å². The number of carbonyl (C=O) groups excluding carboxylic acids is 3. The van der Waals surface area contributed by atoms with E-state index in [9.17, 15) is 19.5 Å². The Morgan fingerprint density at radius 2 is 1.89 bits per heavy atom. The van der Waals surface area contributed by atoms with E-state index in [4.69, 9.17) is 9.47 Å². The predicted molar refractivity (Wildman–Crippen MR) is 135 cm³/mol. The van der Waals surface area contributed by atoms with Gasteiger partial charge in [0.05, 0.1) is 20.1 Å². The van der Waals surface area contributed by atoms with Crippen LogP contribution >= 0.6 is 23.5 Å². The number of hydrogen-bond donors (Lipinski definition) is 2. The highest BCUT2D eigenvalue weighted by atomic mass is 32.2. The van der Waals surface area contributed by atoms with Crippen LogP contribution in [0.15, 0.2) is 65.2 Å². The van der Waals surface area contributed by atoms with Gasteiger partial charge in [0.25, 0.3) is 5.91 Å². The summed E-state index contributed by atoms with van der Waals surface area (Å²) in [4.78, 5) is 40.8. The number of aliphatic hydroxyl groups excluding tert-OH is 1. The van der Waals surface area contributed by atoms with Gasteiger partial charge in [-0.3, -0.25) is 14.5 Å². The Kier molecular flexibility index (Phi) is 8.37. The van der Waals surface area contributed by atoms with Crippen LogP contribution in [-0.4, -0.2) is 64.4 Å². The maximum atomic E-state index is 13.1. The molecular weight excluding hydrogens is 488 g/mol. The van der Waals surface area contributed by atoms with Crippen LogP contribution in [0.3, 0.4) is 0 Å². The summed E-state index contributed by atoms with van der Waals surface area (Å²) in [5.41, 5.74) is 1.83. The zero-order valence-electron chi connectivity index (χ0n) is 19.1. The maximum absolute atomic E-state index is 13.1. The number of nitrogens with one attached hydrogen (secondary N) is 1. The Hall–Kier alpha value is -2.95. The smallest absolute Gasteiger partial charge is 0.356 e. The van der Waals surface area contributed by atoms with Crippen LogP contribution in [0.4, 0.5) is 0 Å². The lowest BCUT2D eigenvalue weighted by Crippen LogP contribution is -2.70. The number of esters is 1. The van der Waals surface area contributed by atoms with Gasteiger partial charge in [-0.15, -0.1) is 23.5 Å². The molecule has 0 unspecified atom stereocenters. The summed E-state index contributed by atoms with van der Waals surface area (Å²) < 4.78 is 10.7. The van der Waals surface area contributed by atoms with Gasteiger partial charge in [0.1, 0.15) is 29.5 Å². The summed E-state index contributed by atoms with van der Waals surface area (Å²) in [6.07, 6.45) is 0.173. The van der Waals surface area contributed by atoms with Crippen LogP contribution in [-0.2, 0) is 32.1 Å². The molecule has 2 aromatic rings. The molecule has 2 amide bonds. The molecule has 1 fully saturated rings. The summed E-state index contributed by atoms with van der Waals surface area (Å²) >= 11 is 2.81. The normalized spacial score (nSPS) is 19.0. The lowest BCUT2D eigenvalue weighted by atomic mass is 10.0. The minimum Gasteiger partial charge on any atom is -0.497 e. The van der Waals surface area contributed by atoms with Gasteiger partial charge in [-0.05, 0) is 23.3 Å². The fourth-order valence-corrected chi connectivity index (χ4v) is 6.19. The summed E-state index contributed by atoms with van der Waals surface area (Å²) in [7, 11) is 1.58. The molecule has 2 aliphatic rings. The maximum Gasteiger partial charge on any atom is 0.356 e. The second-order valence-corrected chi connectivity index (χ2v) is 10.2. The summed E-state index contributed by atoms with van der Waals surface area (Å²) in [6.45, 7) is -0.0100. The molecule has 8 nitrogen and oxygen atoms in total. The topological polar surface area (TPSA) is 105 Å². The fraction of sp³-hybridized carbons (Fsp3) is 0.320. The van der Waals surface area contributed by atoms with Crippen molar-refractivity contribution in [2.45, 2.75) is 24.4 Å². The third kappa shape index (κ3) is 5.83. The lowest BCUT2D eigenvalue weighted by Gasteiger charge is -2.49. The molecule has 0 aliphatic carbocycles. The highest BCUT2D eigenvalue weighted by Gasteiger charge is 2.54. The third-order valence-corrected chi connectivity index (χ3v) is 8.08. The van der Waals surface area contributed by atoms with E-state index in [-0.39, 0.29) is 42.5 Å². The molecule has 184 valence electrons. The highest BCUT2D eigenvalue weighted by Crippen LogP contribution is 2.43. The molecule has 0 spiro atoms. The minimum atomic E-state index is -0.704. The molecular formula is C25H26N2O6S2. The van der Waals surface area contributed by atoms with Crippen LogP contribution in [0, 0.1) is 0 Å². The Morgan fingerprint density at radius 3 is 2.57 bits per heavy atom. The minimum absolute atomic E-state index is 0.0430. The van der Waals surface area contributed by atoms with E-state index >= 15 is 0 Å². The van der Waals surface area contributed by atoms with Crippen LogP contribution in [0.1, 0.15) is 11.1 Å². The number of rotatable bonds is 10. The second-order valence-electron chi connectivity index (χ2n) is 7.89. The Morgan fingerprint density at radius 1 is 1.14 bits per heavy atom. The molecule has 1 saturated heterocycles. The Bertz CT molecular complexity index is 1110. The van der Waals surface area contributed by atoms with Crippen molar-refractivity contribution < 1.29 is 29.0 Å². The van der Waals surface area contributed by atoms with Crippen LogP contribution in [0.2, 0.25) is 0 Å². The molecule has 2 heterocycles. The molecule has 0 aromatic heterocycles. The molecule has 2 atom stereocenters. The summed E-state index contributed by atoms with van der Waals surface area (Å²) in [5, 5.41) is 11.7. The van der Waals surface area contributed by atoms with Crippen LogP contribution in [0.5, 0.6) is 5.75 Å². The van der Waals surface area contributed by atoms with E-state index in [0.29, 0.717) is 22.2 Å². The van der Waals surface area contributed by atoms with E-state index < -0.39 is 12.0 Å². The SMILES string of the molecule is COc1ccc(COC(=O)C2=C(SCCO)CS[C@H]3[C@H](NC(=O)Cc4ccccc4)C(=O)N23)cc1. The van der Waals surface area contributed by atoms with Crippen molar-refractivity contribution in [3.8, 4) is 5.75 Å². The lowest BCUT2D eigenvalue weighted by molar-refractivity contribution is -0.153. The zero-order valence-corrected chi connectivity index (χ0v) is 20.8. The number of thioether (sulfide) groups is 2. The van der Waals surface area contributed by atoms with Gasteiger partial charge in [-0.1, -0.05) is 42.5 Å². The van der Waals surface area contributed by atoms with Crippen molar-refractivity contribution in [3.05, 3.63) is 76.3 Å². The second kappa shape index (κ2) is 11.7. The average molecular weight is 515 g/mol. The van der Waals surface area contributed by atoms with E-state index in [0.717, 1.165) is 11.1 Å². The van der Waals surface area contributed by atoms with E-state index in [1.807, 2.05) is 30.3 Å². The van der Waals surface area contributed by atoms with Crippen molar-refractivity contribution in [2.75, 3.05) is 25.2 Å². The van der Waals surface area contributed by atoms with Crippen molar-refractivity contribution in [1.29, 1.82) is 0 Å². The van der Waals surface area contributed by atoms with Crippen LogP contribution in [0.25, 0.3) is 0 Å². The first-order valence-corrected chi connectivity index (χ1v) is 13.1. The molecule has 4 rings (SSSR count). The predicted octanol–water partition coefficient (Wildman–Crippen LogP) is 2.32. The molecule has 2 aliphatic heterocycles. The van der Waals surface area contributed by atoms with Gasteiger partial charge in [0, 0.05) is 16.4 Å². The number of β-lactam (4-membered cyclic amide) rings is 1. The highest BCUT2D eigenvalue weighted by molar-refractivity contribution is 8.06. The summed E-state index contributed by atoms with van der Waals surface area (Å²) in [5.74, 6) is 0.384. The van der Waals surface area contributed by atoms with Gasteiger partial charge in [0.2, 0.25) is 5.91 Å². The molecule has 2 N–H and O–H groups in total. The van der Waals surface area contributed by atoms with Crippen molar-refractivity contribution in [2.24, 2.45) is 0 Å². The molecule has 0 radical (unpaired) electrons. The first kappa shape index (κ1) is 25.2. The standard InChI is InChI=1S/C25H26N2O6S2/c1-32-18-9-7-17(8-10-18)14-33-25(31)22-19(34-12-11-28)15-35-24-21(23(30)27(22)24)26-20(29)13-16-5-3-2-4-6-16/h2-10,21,24,28H,11-15H2,1H3,(H,26,29)/t21-,24+/m1/s1. The monoisotopic (exact) mass is 514 g/mol. The number of fused-ring (bicyclic) bond motifs is 1.